The molecule has 6 heteroatoms. The smallest absolute Gasteiger partial charge is 0.261 e. The first-order valence-electron chi connectivity index (χ1n) is 10.1. The van der Waals surface area contributed by atoms with E-state index >= 15 is 0 Å². The molecule has 0 bridgehead atoms. The second-order valence-electron chi connectivity index (χ2n) is 7.04. The van der Waals surface area contributed by atoms with Gasteiger partial charge in [-0.3, -0.25) is 9.59 Å². The Labute approximate surface area is 191 Å². The Bertz CT molecular complexity index is 1050. The van der Waals surface area contributed by atoms with Gasteiger partial charge >= 0.3 is 0 Å². The molecule has 5 nitrogen and oxygen atoms in total. The van der Waals surface area contributed by atoms with Crippen LogP contribution >= 0.6 is 15.9 Å². The number of ether oxygens (including phenoxy) is 1. The number of carbonyl (C=O) groups is 2. The molecular formula is C25H25BrN2O3. The molecule has 3 aromatic rings. The predicted octanol–water partition coefficient (Wildman–Crippen LogP) is 5.44. The quantitative estimate of drug-likeness (QED) is 0.466. The summed E-state index contributed by atoms with van der Waals surface area (Å²) in [6.07, 6.45) is 0.837. The molecule has 0 fully saturated rings. The van der Waals surface area contributed by atoms with Crippen molar-refractivity contribution < 1.29 is 14.3 Å². The Hall–Kier alpha value is -3.12. The van der Waals surface area contributed by atoms with E-state index in [0.29, 0.717) is 35.7 Å². The summed E-state index contributed by atoms with van der Waals surface area (Å²) >= 11 is 3.43. The molecule has 0 aromatic heterocycles. The van der Waals surface area contributed by atoms with E-state index in [9.17, 15) is 9.59 Å². The van der Waals surface area contributed by atoms with Crippen LogP contribution in [-0.2, 0) is 6.54 Å². The average molecular weight is 481 g/mol. The molecule has 3 rings (SSSR count). The normalized spacial score (nSPS) is 10.4. The number of halogens is 1. The first kappa shape index (κ1) is 22.6. The van der Waals surface area contributed by atoms with E-state index in [1.807, 2.05) is 49.4 Å². The maximum absolute atomic E-state index is 13.3. The molecular weight excluding hydrogens is 456 g/mol. The van der Waals surface area contributed by atoms with Crippen LogP contribution < -0.4 is 15.0 Å². The molecule has 160 valence electrons. The van der Waals surface area contributed by atoms with Gasteiger partial charge < -0.3 is 15.0 Å². The second-order valence-corrected chi connectivity index (χ2v) is 7.95. The van der Waals surface area contributed by atoms with Crippen molar-refractivity contribution in [1.29, 1.82) is 0 Å². The molecule has 2 amide bonds. The summed E-state index contributed by atoms with van der Waals surface area (Å²) in [4.78, 5) is 27.7. The van der Waals surface area contributed by atoms with Gasteiger partial charge in [0, 0.05) is 18.1 Å². The molecule has 0 aliphatic rings. The molecule has 0 saturated heterocycles. The van der Waals surface area contributed by atoms with Gasteiger partial charge in [0.2, 0.25) is 0 Å². The molecule has 0 unspecified atom stereocenters. The van der Waals surface area contributed by atoms with E-state index in [4.69, 9.17) is 4.74 Å². The molecule has 0 heterocycles. The third-order valence-electron chi connectivity index (χ3n) is 4.74. The van der Waals surface area contributed by atoms with E-state index in [1.54, 1.807) is 37.4 Å². The summed E-state index contributed by atoms with van der Waals surface area (Å²) in [6.45, 7) is 2.94. The van der Waals surface area contributed by atoms with E-state index in [2.05, 4.69) is 21.2 Å². The van der Waals surface area contributed by atoms with Crippen molar-refractivity contribution in [3.05, 3.63) is 94.0 Å². The third kappa shape index (κ3) is 5.73. The predicted molar refractivity (Wildman–Crippen MR) is 127 cm³/mol. The zero-order valence-electron chi connectivity index (χ0n) is 17.6. The van der Waals surface area contributed by atoms with Crippen LogP contribution in [0.25, 0.3) is 0 Å². The number of hydrogen-bond acceptors (Lipinski definition) is 3. The van der Waals surface area contributed by atoms with Crippen LogP contribution in [0.15, 0.2) is 77.3 Å². The van der Waals surface area contributed by atoms with Gasteiger partial charge in [-0.05, 0) is 42.3 Å². The van der Waals surface area contributed by atoms with Crippen molar-refractivity contribution in [2.75, 3.05) is 18.6 Å². The number of carbonyl (C=O) groups excluding carboxylic acids is 2. The fourth-order valence-corrected chi connectivity index (χ4v) is 3.49. The molecule has 3 aromatic carbocycles. The molecule has 0 radical (unpaired) electrons. The first-order chi connectivity index (χ1) is 15.0. The zero-order chi connectivity index (χ0) is 22.2. The molecule has 31 heavy (non-hydrogen) atoms. The molecule has 1 N–H and O–H groups in total. The Kier molecular flexibility index (Phi) is 7.84. The van der Waals surface area contributed by atoms with Crippen LogP contribution in [0, 0.1) is 0 Å². The number of nitrogens with one attached hydrogen (secondary N) is 1. The Morgan fingerprint density at radius 1 is 0.968 bits per heavy atom. The summed E-state index contributed by atoms with van der Waals surface area (Å²) in [6, 6.07) is 22.1. The first-order valence-corrected chi connectivity index (χ1v) is 10.9. The maximum atomic E-state index is 13.3. The van der Waals surface area contributed by atoms with Crippen molar-refractivity contribution >= 4 is 33.4 Å². The topological polar surface area (TPSA) is 58.6 Å². The minimum absolute atomic E-state index is 0.240. The molecule has 0 aliphatic heterocycles. The molecule has 0 aliphatic carbocycles. The highest BCUT2D eigenvalue weighted by Gasteiger charge is 2.22. The SMILES string of the molecule is CCCOc1ccc(Br)cc1C(=O)N(C)c1ccccc1C(=O)NCc1ccccc1. The van der Waals surface area contributed by atoms with Crippen molar-refractivity contribution in [2.24, 2.45) is 0 Å². The van der Waals surface area contributed by atoms with E-state index < -0.39 is 0 Å². The van der Waals surface area contributed by atoms with Gasteiger partial charge in [0.15, 0.2) is 0 Å². The minimum Gasteiger partial charge on any atom is -0.493 e. The van der Waals surface area contributed by atoms with Gasteiger partial charge in [0.05, 0.1) is 23.4 Å². The molecule has 0 atom stereocenters. The van der Waals surface area contributed by atoms with Crippen LogP contribution in [0.3, 0.4) is 0 Å². The summed E-state index contributed by atoms with van der Waals surface area (Å²) < 4.78 is 6.55. The number of amides is 2. The van der Waals surface area contributed by atoms with Gasteiger partial charge in [0.1, 0.15) is 5.75 Å². The number of para-hydroxylation sites is 1. The van der Waals surface area contributed by atoms with Crippen molar-refractivity contribution in [2.45, 2.75) is 19.9 Å². The van der Waals surface area contributed by atoms with E-state index in [0.717, 1.165) is 16.5 Å². The van der Waals surface area contributed by atoms with Crippen molar-refractivity contribution in [1.82, 2.24) is 5.32 Å². The van der Waals surface area contributed by atoms with Crippen LogP contribution in [0.1, 0.15) is 39.6 Å². The number of hydrogen-bond donors (Lipinski definition) is 1. The highest BCUT2D eigenvalue weighted by atomic mass is 79.9. The van der Waals surface area contributed by atoms with Crippen LogP contribution in [0.2, 0.25) is 0 Å². The van der Waals surface area contributed by atoms with E-state index in [1.165, 1.54) is 4.90 Å². The van der Waals surface area contributed by atoms with Crippen LogP contribution in [0.4, 0.5) is 5.69 Å². The lowest BCUT2D eigenvalue weighted by atomic mass is 10.1. The third-order valence-corrected chi connectivity index (χ3v) is 5.24. The van der Waals surface area contributed by atoms with Gasteiger partial charge in [-0.2, -0.15) is 0 Å². The van der Waals surface area contributed by atoms with Gasteiger partial charge in [-0.15, -0.1) is 0 Å². The van der Waals surface area contributed by atoms with Gasteiger partial charge in [0.25, 0.3) is 11.8 Å². The average Bonchev–Trinajstić information content (AvgIpc) is 2.81. The molecule has 0 saturated carbocycles. The fraction of sp³-hybridized carbons (Fsp3) is 0.200. The van der Waals surface area contributed by atoms with E-state index in [-0.39, 0.29) is 11.8 Å². The Morgan fingerprint density at radius 2 is 1.68 bits per heavy atom. The summed E-state index contributed by atoms with van der Waals surface area (Å²) in [5.74, 6) is 0.0272. The Balaban J connectivity index is 1.84. The van der Waals surface area contributed by atoms with Crippen LogP contribution in [-0.4, -0.2) is 25.5 Å². The van der Waals surface area contributed by atoms with Gasteiger partial charge in [-0.1, -0.05) is 65.3 Å². The fourth-order valence-electron chi connectivity index (χ4n) is 3.13. The lowest BCUT2D eigenvalue weighted by Gasteiger charge is -2.22. The summed E-state index contributed by atoms with van der Waals surface area (Å²) in [5.41, 5.74) is 2.40. The lowest BCUT2D eigenvalue weighted by Crippen LogP contribution is -2.31. The number of nitrogens with zero attached hydrogens (tertiary/aromatic N) is 1. The standard InChI is InChI=1S/C25H25BrN2O3/c1-3-15-31-23-14-13-19(26)16-21(23)25(30)28(2)22-12-8-7-11-20(22)24(29)27-17-18-9-5-4-6-10-18/h4-14,16H,3,15,17H2,1-2H3,(H,27,29). The zero-order valence-corrected chi connectivity index (χ0v) is 19.2. The van der Waals surface area contributed by atoms with Crippen LogP contribution in [0.5, 0.6) is 5.75 Å². The number of anilines is 1. The highest BCUT2D eigenvalue weighted by molar-refractivity contribution is 9.10. The minimum atomic E-state index is -0.254. The maximum Gasteiger partial charge on any atom is 0.261 e. The lowest BCUT2D eigenvalue weighted by molar-refractivity contribution is 0.0951. The van der Waals surface area contributed by atoms with Crippen molar-refractivity contribution in [3.8, 4) is 5.75 Å². The molecule has 0 spiro atoms. The second kappa shape index (κ2) is 10.8. The van der Waals surface area contributed by atoms with Gasteiger partial charge in [-0.25, -0.2) is 0 Å². The Morgan fingerprint density at radius 3 is 2.42 bits per heavy atom. The number of benzene rings is 3. The summed E-state index contributed by atoms with van der Waals surface area (Å²) in [5, 5.41) is 2.93. The summed E-state index contributed by atoms with van der Waals surface area (Å²) in [7, 11) is 1.66. The monoisotopic (exact) mass is 480 g/mol. The van der Waals surface area contributed by atoms with Crippen molar-refractivity contribution in [3.63, 3.8) is 0 Å². The highest BCUT2D eigenvalue weighted by Crippen LogP contribution is 2.28. The number of rotatable bonds is 8. The largest absolute Gasteiger partial charge is 0.493 e.